The maximum Gasteiger partial charge on any atom is 0.315 e. The molecule has 0 bridgehead atoms. The third-order valence-electron chi connectivity index (χ3n) is 2.60. The first-order valence-electron chi connectivity index (χ1n) is 6.42. The number of hydrogen-bond acceptors (Lipinski definition) is 4. The van der Waals surface area contributed by atoms with E-state index < -0.39 is 6.03 Å². The number of anilines is 1. The lowest BCUT2D eigenvalue weighted by Crippen LogP contribution is -2.39. The topological polar surface area (TPSA) is 96.3 Å². The number of hydrogen-bond donors (Lipinski definition) is 3. The van der Waals surface area contributed by atoms with E-state index in [0.717, 1.165) is 5.56 Å². The maximum atomic E-state index is 11.6. The summed E-state index contributed by atoms with van der Waals surface area (Å²) in [4.78, 5) is 23.1. The van der Waals surface area contributed by atoms with E-state index in [1.165, 1.54) is 0 Å². The number of carbonyl (C=O) groups is 2. The smallest absolute Gasteiger partial charge is 0.315 e. The van der Waals surface area contributed by atoms with E-state index in [-0.39, 0.29) is 12.5 Å². The van der Waals surface area contributed by atoms with Gasteiger partial charge in [0.25, 0.3) is 0 Å². The molecule has 0 saturated carbocycles. The predicted molar refractivity (Wildman–Crippen MR) is 76.6 cm³/mol. The van der Waals surface area contributed by atoms with E-state index in [1.54, 1.807) is 13.0 Å². The van der Waals surface area contributed by atoms with Crippen LogP contribution in [0.5, 0.6) is 0 Å². The van der Waals surface area contributed by atoms with E-state index in [2.05, 4.69) is 21.1 Å². The Labute approximate surface area is 121 Å². The Morgan fingerprint density at radius 1 is 1.19 bits per heavy atom. The van der Waals surface area contributed by atoms with E-state index in [0.29, 0.717) is 18.1 Å². The van der Waals surface area contributed by atoms with E-state index >= 15 is 0 Å². The van der Waals surface area contributed by atoms with Crippen LogP contribution in [0.3, 0.4) is 0 Å². The van der Waals surface area contributed by atoms with Crippen LogP contribution in [0.25, 0.3) is 0 Å². The number of carbonyl (C=O) groups excluding carboxylic acids is 2. The molecule has 7 heteroatoms. The van der Waals surface area contributed by atoms with Crippen molar-refractivity contribution in [2.45, 2.75) is 13.5 Å². The van der Waals surface area contributed by atoms with Crippen molar-refractivity contribution in [2.24, 2.45) is 0 Å². The lowest BCUT2D eigenvalue weighted by atomic mass is 10.2. The van der Waals surface area contributed by atoms with Crippen LogP contribution in [0.15, 0.2) is 40.9 Å². The summed E-state index contributed by atoms with van der Waals surface area (Å²) < 4.78 is 4.81. The summed E-state index contributed by atoms with van der Waals surface area (Å²) >= 11 is 0. The Hall–Kier alpha value is -2.83. The van der Waals surface area contributed by atoms with Gasteiger partial charge in [0.2, 0.25) is 5.91 Å². The Morgan fingerprint density at radius 2 is 1.95 bits per heavy atom. The van der Waals surface area contributed by atoms with Gasteiger partial charge in [-0.1, -0.05) is 35.5 Å². The fourth-order valence-electron chi connectivity index (χ4n) is 1.61. The zero-order chi connectivity index (χ0) is 15.1. The minimum absolute atomic E-state index is 0.146. The standard InChI is InChI=1S/C14H16N4O3/c1-10-7-12(18-21-10)17-13(19)9-16-14(20)15-8-11-5-3-2-4-6-11/h2-7H,8-9H2,1H3,(H2,15,16,20)(H,17,18,19). The van der Waals surface area contributed by atoms with Crippen molar-refractivity contribution < 1.29 is 14.1 Å². The van der Waals surface area contributed by atoms with Crippen LogP contribution >= 0.6 is 0 Å². The van der Waals surface area contributed by atoms with Crippen LogP contribution in [-0.4, -0.2) is 23.6 Å². The Kier molecular flexibility index (Phi) is 4.92. The molecule has 0 saturated heterocycles. The fourth-order valence-corrected chi connectivity index (χ4v) is 1.61. The second kappa shape index (κ2) is 7.09. The van der Waals surface area contributed by atoms with Crippen LogP contribution in [-0.2, 0) is 11.3 Å². The molecule has 0 aliphatic rings. The predicted octanol–water partition coefficient (Wildman–Crippen LogP) is 1.42. The molecule has 2 aromatic rings. The van der Waals surface area contributed by atoms with Crippen molar-refractivity contribution in [1.29, 1.82) is 0 Å². The summed E-state index contributed by atoms with van der Waals surface area (Å²) in [5.74, 6) is 0.543. The summed E-state index contributed by atoms with van der Waals surface area (Å²) in [6.07, 6.45) is 0. The first kappa shape index (κ1) is 14.6. The molecule has 0 aliphatic heterocycles. The molecule has 3 amide bonds. The highest BCUT2D eigenvalue weighted by Gasteiger charge is 2.07. The van der Waals surface area contributed by atoms with Gasteiger partial charge >= 0.3 is 6.03 Å². The summed E-state index contributed by atoms with van der Waals surface area (Å²) in [6, 6.07) is 10.7. The van der Waals surface area contributed by atoms with Crippen molar-refractivity contribution in [2.75, 3.05) is 11.9 Å². The van der Waals surface area contributed by atoms with Crippen LogP contribution in [0, 0.1) is 6.92 Å². The third kappa shape index (κ3) is 4.98. The molecule has 3 N–H and O–H groups in total. The van der Waals surface area contributed by atoms with Gasteiger partial charge in [-0.25, -0.2) is 4.79 Å². The number of amides is 3. The number of nitrogens with one attached hydrogen (secondary N) is 3. The van der Waals surface area contributed by atoms with Gasteiger partial charge in [0.05, 0.1) is 6.54 Å². The molecule has 0 unspecified atom stereocenters. The van der Waals surface area contributed by atoms with Crippen LogP contribution < -0.4 is 16.0 Å². The summed E-state index contributed by atoms with van der Waals surface area (Å²) in [7, 11) is 0. The summed E-state index contributed by atoms with van der Waals surface area (Å²) in [5, 5.41) is 11.2. The van der Waals surface area contributed by atoms with Crippen LogP contribution in [0.2, 0.25) is 0 Å². The monoisotopic (exact) mass is 288 g/mol. The zero-order valence-electron chi connectivity index (χ0n) is 11.6. The van der Waals surface area contributed by atoms with E-state index in [9.17, 15) is 9.59 Å². The zero-order valence-corrected chi connectivity index (χ0v) is 11.6. The van der Waals surface area contributed by atoms with Gasteiger partial charge in [-0.15, -0.1) is 0 Å². The minimum atomic E-state index is -0.412. The van der Waals surface area contributed by atoms with Gasteiger partial charge in [0.15, 0.2) is 5.82 Å². The maximum absolute atomic E-state index is 11.6. The number of aromatic nitrogens is 1. The molecule has 2 rings (SSSR count). The van der Waals surface area contributed by atoms with Crippen molar-refractivity contribution in [3.8, 4) is 0 Å². The normalized spacial score (nSPS) is 9.95. The third-order valence-corrected chi connectivity index (χ3v) is 2.60. The number of rotatable bonds is 5. The molecule has 1 aromatic heterocycles. The molecular formula is C14H16N4O3. The molecular weight excluding hydrogens is 272 g/mol. The lowest BCUT2D eigenvalue weighted by Gasteiger charge is -2.07. The van der Waals surface area contributed by atoms with Gasteiger partial charge in [-0.3, -0.25) is 4.79 Å². The van der Waals surface area contributed by atoms with Gasteiger partial charge in [-0.2, -0.15) is 0 Å². The second-order valence-corrected chi connectivity index (χ2v) is 4.39. The minimum Gasteiger partial charge on any atom is -0.360 e. The van der Waals surface area contributed by atoms with Crippen molar-refractivity contribution in [1.82, 2.24) is 15.8 Å². The van der Waals surface area contributed by atoms with Gasteiger partial charge in [0, 0.05) is 12.6 Å². The fraction of sp³-hybridized carbons (Fsp3) is 0.214. The van der Waals surface area contributed by atoms with Crippen molar-refractivity contribution in [3.63, 3.8) is 0 Å². The molecule has 0 aliphatic carbocycles. The number of urea groups is 1. The first-order valence-corrected chi connectivity index (χ1v) is 6.42. The quantitative estimate of drug-likeness (QED) is 0.775. The van der Waals surface area contributed by atoms with E-state index in [4.69, 9.17) is 4.52 Å². The highest BCUT2D eigenvalue weighted by molar-refractivity contribution is 5.93. The molecule has 0 spiro atoms. The summed E-state index contributed by atoms with van der Waals surface area (Å²) in [5.41, 5.74) is 0.982. The molecule has 0 fully saturated rings. The molecule has 110 valence electrons. The molecule has 1 heterocycles. The molecule has 7 nitrogen and oxygen atoms in total. The molecule has 0 radical (unpaired) electrons. The van der Waals surface area contributed by atoms with Crippen LogP contribution in [0.4, 0.5) is 10.6 Å². The van der Waals surface area contributed by atoms with Crippen molar-refractivity contribution >= 4 is 17.8 Å². The van der Waals surface area contributed by atoms with Gasteiger partial charge in [0.1, 0.15) is 5.76 Å². The second-order valence-electron chi connectivity index (χ2n) is 4.39. The highest BCUT2D eigenvalue weighted by Crippen LogP contribution is 2.06. The number of aryl methyl sites for hydroxylation is 1. The first-order chi connectivity index (χ1) is 10.1. The van der Waals surface area contributed by atoms with Crippen molar-refractivity contribution in [3.05, 3.63) is 47.7 Å². The SMILES string of the molecule is Cc1cc(NC(=O)CNC(=O)NCc2ccccc2)no1. The molecule has 21 heavy (non-hydrogen) atoms. The average Bonchev–Trinajstić information content (AvgIpc) is 2.89. The van der Waals surface area contributed by atoms with Gasteiger partial charge < -0.3 is 20.5 Å². The van der Waals surface area contributed by atoms with Gasteiger partial charge in [-0.05, 0) is 12.5 Å². The lowest BCUT2D eigenvalue weighted by molar-refractivity contribution is -0.115. The Morgan fingerprint density at radius 3 is 2.62 bits per heavy atom. The Balaban J connectivity index is 1.67. The Bertz CT molecular complexity index is 610. The molecule has 1 aromatic carbocycles. The highest BCUT2D eigenvalue weighted by atomic mass is 16.5. The molecule has 0 atom stereocenters. The largest absolute Gasteiger partial charge is 0.360 e. The average molecular weight is 288 g/mol. The number of nitrogens with zero attached hydrogens (tertiary/aromatic N) is 1. The van der Waals surface area contributed by atoms with Crippen LogP contribution in [0.1, 0.15) is 11.3 Å². The van der Waals surface area contributed by atoms with E-state index in [1.807, 2.05) is 30.3 Å². The number of benzene rings is 1. The summed E-state index contributed by atoms with van der Waals surface area (Å²) in [6.45, 7) is 1.97.